The van der Waals surface area contributed by atoms with Crippen LogP contribution in [0.3, 0.4) is 0 Å². The minimum atomic E-state index is -1.05. The zero-order valence-electron chi connectivity index (χ0n) is 11.7. The summed E-state index contributed by atoms with van der Waals surface area (Å²) in [5.41, 5.74) is 0.629. The van der Waals surface area contributed by atoms with Gasteiger partial charge in [-0.1, -0.05) is 0 Å². The van der Waals surface area contributed by atoms with Gasteiger partial charge in [0.25, 0.3) is 0 Å². The molecule has 7 heteroatoms. The lowest BCUT2D eigenvalue weighted by atomic mass is 10.2. The average molecular weight is 285 g/mol. The minimum absolute atomic E-state index is 0.102. The Balaban J connectivity index is 2.83. The Morgan fingerprint density at radius 3 is 2.15 bits per heavy atom. The van der Waals surface area contributed by atoms with Gasteiger partial charge in [-0.15, -0.1) is 0 Å². The Morgan fingerprint density at radius 2 is 1.75 bits per heavy atom. The van der Waals surface area contributed by atoms with Gasteiger partial charge in [0.15, 0.2) is 11.5 Å². The molecule has 1 rings (SSSR count). The lowest BCUT2D eigenvalue weighted by Gasteiger charge is -2.16. The molecule has 20 heavy (non-hydrogen) atoms. The standard InChI is InChI=1S/C13H19NO6/c1-18-10-4-8(5-11(19-2)13(10)20-3)14-7-9(15)6-12(16)17/h4-5,9,14-15H,6-7H2,1-3H3,(H,16,17). The summed E-state index contributed by atoms with van der Waals surface area (Å²) < 4.78 is 15.6. The second kappa shape index (κ2) is 7.44. The van der Waals surface area contributed by atoms with Gasteiger partial charge in [0.2, 0.25) is 5.75 Å². The average Bonchev–Trinajstić information content (AvgIpc) is 2.42. The van der Waals surface area contributed by atoms with Gasteiger partial charge in [-0.05, 0) is 0 Å². The Kier molecular flexibility index (Phi) is 5.92. The van der Waals surface area contributed by atoms with Crippen molar-refractivity contribution in [2.45, 2.75) is 12.5 Å². The van der Waals surface area contributed by atoms with Crippen LogP contribution < -0.4 is 19.5 Å². The Hall–Kier alpha value is -2.15. The van der Waals surface area contributed by atoms with Gasteiger partial charge in [0.05, 0.1) is 33.9 Å². The summed E-state index contributed by atoms with van der Waals surface area (Å²) in [5, 5.41) is 21.0. The largest absolute Gasteiger partial charge is 0.493 e. The maximum atomic E-state index is 10.5. The lowest BCUT2D eigenvalue weighted by molar-refractivity contribution is -0.138. The smallest absolute Gasteiger partial charge is 0.306 e. The first kappa shape index (κ1) is 15.9. The molecule has 1 aromatic carbocycles. The predicted molar refractivity (Wildman–Crippen MR) is 72.8 cm³/mol. The summed E-state index contributed by atoms with van der Waals surface area (Å²) >= 11 is 0. The molecule has 0 saturated heterocycles. The van der Waals surface area contributed by atoms with E-state index in [1.54, 1.807) is 12.1 Å². The van der Waals surface area contributed by atoms with Gasteiger partial charge in [0, 0.05) is 24.4 Å². The number of nitrogens with one attached hydrogen (secondary N) is 1. The number of ether oxygens (including phenoxy) is 3. The van der Waals surface area contributed by atoms with Crippen LogP contribution in [-0.2, 0) is 4.79 Å². The topological polar surface area (TPSA) is 97.2 Å². The molecule has 0 amide bonds. The van der Waals surface area contributed by atoms with Gasteiger partial charge < -0.3 is 29.7 Å². The molecule has 0 heterocycles. The van der Waals surface area contributed by atoms with E-state index in [1.807, 2.05) is 0 Å². The van der Waals surface area contributed by atoms with Crippen molar-refractivity contribution in [3.8, 4) is 17.2 Å². The summed E-state index contributed by atoms with van der Waals surface area (Å²) in [6.07, 6.45) is -1.30. The van der Waals surface area contributed by atoms with Crippen LogP contribution in [0.2, 0.25) is 0 Å². The maximum Gasteiger partial charge on any atom is 0.306 e. The van der Waals surface area contributed by atoms with Crippen LogP contribution >= 0.6 is 0 Å². The number of carboxylic acid groups (broad SMARTS) is 1. The molecule has 0 radical (unpaired) electrons. The van der Waals surface area contributed by atoms with E-state index >= 15 is 0 Å². The van der Waals surface area contributed by atoms with E-state index in [2.05, 4.69) is 5.32 Å². The zero-order chi connectivity index (χ0) is 15.1. The number of carbonyl (C=O) groups is 1. The first-order valence-electron chi connectivity index (χ1n) is 5.95. The Bertz CT molecular complexity index is 437. The Morgan fingerprint density at radius 1 is 1.20 bits per heavy atom. The van der Waals surface area contributed by atoms with E-state index in [9.17, 15) is 9.90 Å². The first-order valence-corrected chi connectivity index (χ1v) is 5.95. The predicted octanol–water partition coefficient (Wildman–Crippen LogP) is 0.960. The van der Waals surface area contributed by atoms with Crippen molar-refractivity contribution in [1.82, 2.24) is 0 Å². The maximum absolute atomic E-state index is 10.5. The molecule has 0 aliphatic carbocycles. The lowest BCUT2D eigenvalue weighted by Crippen LogP contribution is -2.22. The van der Waals surface area contributed by atoms with Crippen LogP contribution in [0.15, 0.2) is 12.1 Å². The summed E-state index contributed by atoms with van der Waals surface area (Å²) in [4.78, 5) is 10.5. The molecule has 1 atom stereocenters. The molecule has 112 valence electrons. The summed E-state index contributed by atoms with van der Waals surface area (Å²) in [6, 6.07) is 3.35. The van der Waals surface area contributed by atoms with Crippen molar-refractivity contribution in [3.63, 3.8) is 0 Å². The molecule has 3 N–H and O–H groups in total. The number of rotatable bonds is 8. The molecule has 0 aliphatic rings. The number of hydrogen-bond donors (Lipinski definition) is 3. The van der Waals surface area contributed by atoms with E-state index < -0.39 is 12.1 Å². The molecule has 0 fully saturated rings. The third kappa shape index (κ3) is 4.20. The summed E-state index contributed by atoms with van der Waals surface area (Å²) in [7, 11) is 4.50. The molecule has 0 aromatic heterocycles. The highest BCUT2D eigenvalue weighted by molar-refractivity contribution is 5.67. The van der Waals surface area contributed by atoms with Crippen LogP contribution in [0.5, 0.6) is 17.2 Å². The number of aliphatic carboxylic acids is 1. The fraction of sp³-hybridized carbons (Fsp3) is 0.462. The fourth-order valence-electron chi connectivity index (χ4n) is 1.69. The van der Waals surface area contributed by atoms with Crippen molar-refractivity contribution < 1.29 is 29.2 Å². The Labute approximate surface area is 117 Å². The minimum Gasteiger partial charge on any atom is -0.493 e. The second-order valence-corrected chi connectivity index (χ2v) is 4.05. The number of aliphatic hydroxyl groups excluding tert-OH is 1. The quantitative estimate of drug-likeness (QED) is 0.654. The van der Waals surface area contributed by atoms with E-state index in [4.69, 9.17) is 19.3 Å². The van der Waals surface area contributed by atoms with Crippen molar-refractivity contribution in [1.29, 1.82) is 0 Å². The zero-order valence-corrected chi connectivity index (χ0v) is 11.7. The molecule has 0 saturated carbocycles. The van der Waals surface area contributed by atoms with Crippen LogP contribution in [-0.4, -0.2) is 50.2 Å². The van der Waals surface area contributed by atoms with Gasteiger partial charge in [-0.2, -0.15) is 0 Å². The molecular weight excluding hydrogens is 266 g/mol. The SMILES string of the molecule is COc1cc(NCC(O)CC(=O)O)cc(OC)c1OC. The molecule has 0 aliphatic heterocycles. The summed E-state index contributed by atoms with van der Waals surface area (Å²) in [5.74, 6) is 0.361. The molecule has 1 aromatic rings. The highest BCUT2D eigenvalue weighted by atomic mass is 16.5. The van der Waals surface area contributed by atoms with E-state index in [1.165, 1.54) is 21.3 Å². The highest BCUT2D eigenvalue weighted by Gasteiger charge is 2.14. The van der Waals surface area contributed by atoms with Crippen LogP contribution in [0.4, 0.5) is 5.69 Å². The van der Waals surface area contributed by atoms with Crippen molar-refractivity contribution in [2.75, 3.05) is 33.2 Å². The number of benzene rings is 1. The second-order valence-electron chi connectivity index (χ2n) is 4.05. The molecule has 7 nitrogen and oxygen atoms in total. The monoisotopic (exact) mass is 285 g/mol. The number of methoxy groups -OCH3 is 3. The third-order valence-corrected chi connectivity index (χ3v) is 2.62. The van der Waals surface area contributed by atoms with Crippen LogP contribution in [0.1, 0.15) is 6.42 Å². The number of hydrogen-bond acceptors (Lipinski definition) is 6. The highest BCUT2D eigenvalue weighted by Crippen LogP contribution is 2.39. The van der Waals surface area contributed by atoms with Gasteiger partial charge in [0.1, 0.15) is 0 Å². The number of carboxylic acids is 1. The van der Waals surface area contributed by atoms with Crippen LogP contribution in [0, 0.1) is 0 Å². The van der Waals surface area contributed by atoms with Gasteiger partial charge in [-0.3, -0.25) is 4.79 Å². The van der Waals surface area contributed by atoms with E-state index in [0.29, 0.717) is 22.9 Å². The van der Waals surface area contributed by atoms with E-state index in [0.717, 1.165) is 0 Å². The normalized spacial score (nSPS) is 11.6. The number of aliphatic hydroxyl groups is 1. The first-order chi connectivity index (χ1) is 9.51. The molecule has 0 spiro atoms. The van der Waals surface area contributed by atoms with Gasteiger partial charge in [-0.25, -0.2) is 0 Å². The van der Waals surface area contributed by atoms with Gasteiger partial charge >= 0.3 is 5.97 Å². The van der Waals surface area contributed by atoms with Crippen molar-refractivity contribution in [2.24, 2.45) is 0 Å². The van der Waals surface area contributed by atoms with Crippen molar-refractivity contribution in [3.05, 3.63) is 12.1 Å². The molecular formula is C13H19NO6. The number of anilines is 1. The third-order valence-electron chi connectivity index (χ3n) is 2.62. The van der Waals surface area contributed by atoms with Crippen LogP contribution in [0.25, 0.3) is 0 Å². The fourth-order valence-corrected chi connectivity index (χ4v) is 1.69. The summed E-state index contributed by atoms with van der Waals surface area (Å²) in [6.45, 7) is 0.102. The molecule has 0 bridgehead atoms. The molecule has 1 unspecified atom stereocenters. The van der Waals surface area contributed by atoms with E-state index in [-0.39, 0.29) is 13.0 Å². The van der Waals surface area contributed by atoms with Crippen molar-refractivity contribution >= 4 is 11.7 Å².